The summed E-state index contributed by atoms with van der Waals surface area (Å²) in [4.78, 5) is 2.26. The van der Waals surface area contributed by atoms with E-state index in [0.717, 1.165) is 50.2 Å². The molecule has 0 amide bonds. The molecular formula is C15H23N3O2. The Balaban J connectivity index is 2.14. The third-order valence-corrected chi connectivity index (χ3v) is 3.56. The highest BCUT2D eigenvalue weighted by Crippen LogP contribution is 2.25. The van der Waals surface area contributed by atoms with Crippen LogP contribution >= 0.6 is 0 Å². The lowest BCUT2D eigenvalue weighted by molar-refractivity contribution is 0.0440. The molecule has 1 aromatic carbocycles. The molecule has 20 heavy (non-hydrogen) atoms. The third kappa shape index (κ3) is 3.42. The summed E-state index contributed by atoms with van der Waals surface area (Å²) in [5, 5.41) is 12.0. The molecule has 3 N–H and O–H groups in total. The first-order valence-corrected chi connectivity index (χ1v) is 7.19. The Morgan fingerprint density at radius 2 is 2.30 bits per heavy atom. The molecule has 1 aliphatic heterocycles. The van der Waals surface area contributed by atoms with Gasteiger partial charge in [-0.3, -0.25) is 0 Å². The molecule has 1 aliphatic rings. The van der Waals surface area contributed by atoms with Crippen LogP contribution in [0.3, 0.4) is 0 Å². The maximum Gasteiger partial charge on any atom is 0.172 e. The number of para-hydroxylation sites is 1. The van der Waals surface area contributed by atoms with Gasteiger partial charge in [0.25, 0.3) is 0 Å². The summed E-state index contributed by atoms with van der Waals surface area (Å²) in [6, 6.07) is 7.75. The third-order valence-electron chi connectivity index (χ3n) is 3.56. The first kappa shape index (κ1) is 14.7. The van der Waals surface area contributed by atoms with Crippen molar-refractivity contribution in [2.45, 2.75) is 32.3 Å². The Hall–Kier alpha value is -1.75. The van der Waals surface area contributed by atoms with E-state index in [4.69, 9.17) is 15.7 Å². The van der Waals surface area contributed by atoms with Gasteiger partial charge in [0.2, 0.25) is 0 Å². The quantitative estimate of drug-likeness (QED) is 0.374. The van der Waals surface area contributed by atoms with Crippen LogP contribution in [0.4, 0.5) is 5.69 Å². The zero-order valence-electron chi connectivity index (χ0n) is 12.0. The van der Waals surface area contributed by atoms with Gasteiger partial charge < -0.3 is 20.6 Å². The largest absolute Gasteiger partial charge is 0.409 e. The second-order valence-electron chi connectivity index (χ2n) is 5.08. The Labute approximate surface area is 120 Å². The van der Waals surface area contributed by atoms with Crippen molar-refractivity contribution in [3.8, 4) is 0 Å². The van der Waals surface area contributed by atoms with Crippen molar-refractivity contribution in [1.29, 1.82) is 0 Å². The molecular weight excluding hydrogens is 254 g/mol. The fraction of sp³-hybridized carbons (Fsp3) is 0.533. The van der Waals surface area contributed by atoms with Gasteiger partial charge in [-0.15, -0.1) is 0 Å². The van der Waals surface area contributed by atoms with E-state index < -0.39 is 0 Å². The Morgan fingerprint density at radius 1 is 1.50 bits per heavy atom. The number of nitrogens with two attached hydrogens (primary N) is 1. The summed E-state index contributed by atoms with van der Waals surface area (Å²) in [6.07, 6.45) is 3.50. The van der Waals surface area contributed by atoms with Crippen molar-refractivity contribution >= 4 is 11.5 Å². The molecule has 1 saturated heterocycles. The maximum atomic E-state index is 8.90. The second-order valence-corrected chi connectivity index (χ2v) is 5.08. The van der Waals surface area contributed by atoms with Gasteiger partial charge in [-0.1, -0.05) is 24.2 Å². The molecule has 110 valence electrons. The monoisotopic (exact) mass is 277 g/mol. The van der Waals surface area contributed by atoms with E-state index in [-0.39, 0.29) is 11.9 Å². The number of rotatable bonds is 5. The summed E-state index contributed by atoms with van der Waals surface area (Å²) in [5.74, 6) is 0.150. The summed E-state index contributed by atoms with van der Waals surface area (Å²) >= 11 is 0. The lowest BCUT2D eigenvalue weighted by atomic mass is 10.0. The van der Waals surface area contributed by atoms with Crippen molar-refractivity contribution in [2.24, 2.45) is 10.9 Å². The van der Waals surface area contributed by atoms with Crippen LogP contribution in [0.15, 0.2) is 29.4 Å². The van der Waals surface area contributed by atoms with Gasteiger partial charge in [0.05, 0.1) is 6.10 Å². The standard InChI is InChI=1S/C15H23N3O2/c1-2-10-20-12-6-5-9-18(11-12)14-8-4-3-7-13(14)15(16)17-19/h3-4,7-8,12,19H,2,5-6,9-11H2,1H3,(H2,16,17). The van der Waals surface area contributed by atoms with Gasteiger partial charge in [-0.25, -0.2) is 0 Å². The van der Waals surface area contributed by atoms with Gasteiger partial charge >= 0.3 is 0 Å². The molecule has 2 rings (SSSR count). The van der Waals surface area contributed by atoms with E-state index in [0.29, 0.717) is 0 Å². The van der Waals surface area contributed by atoms with Crippen LogP contribution in [-0.4, -0.2) is 36.8 Å². The number of hydrogen-bond acceptors (Lipinski definition) is 4. The van der Waals surface area contributed by atoms with E-state index in [1.807, 2.05) is 24.3 Å². The fourth-order valence-electron chi connectivity index (χ4n) is 2.60. The fourth-order valence-corrected chi connectivity index (χ4v) is 2.60. The molecule has 1 aromatic rings. The zero-order valence-corrected chi connectivity index (χ0v) is 12.0. The minimum Gasteiger partial charge on any atom is -0.409 e. The van der Waals surface area contributed by atoms with Crippen LogP contribution < -0.4 is 10.6 Å². The van der Waals surface area contributed by atoms with Crippen molar-refractivity contribution in [2.75, 3.05) is 24.6 Å². The van der Waals surface area contributed by atoms with E-state index >= 15 is 0 Å². The molecule has 0 spiro atoms. The maximum absolute atomic E-state index is 8.90. The van der Waals surface area contributed by atoms with Crippen LogP contribution in [0.2, 0.25) is 0 Å². The summed E-state index contributed by atoms with van der Waals surface area (Å²) < 4.78 is 5.86. The highest BCUT2D eigenvalue weighted by molar-refractivity contribution is 6.02. The number of hydrogen-bond donors (Lipinski definition) is 2. The first-order valence-electron chi connectivity index (χ1n) is 7.19. The number of anilines is 1. The molecule has 5 nitrogen and oxygen atoms in total. The van der Waals surface area contributed by atoms with Crippen molar-refractivity contribution in [1.82, 2.24) is 0 Å². The lowest BCUT2D eigenvalue weighted by Gasteiger charge is -2.35. The van der Waals surface area contributed by atoms with Crippen LogP contribution in [0.25, 0.3) is 0 Å². The Bertz CT molecular complexity index is 462. The van der Waals surface area contributed by atoms with Crippen molar-refractivity contribution in [3.05, 3.63) is 29.8 Å². The minimum absolute atomic E-state index is 0.150. The number of oxime groups is 1. The van der Waals surface area contributed by atoms with Crippen LogP contribution in [0, 0.1) is 0 Å². The molecule has 0 bridgehead atoms. The molecule has 0 aromatic heterocycles. The van der Waals surface area contributed by atoms with Crippen molar-refractivity contribution in [3.63, 3.8) is 0 Å². The molecule has 5 heteroatoms. The van der Waals surface area contributed by atoms with Gasteiger partial charge in [0.1, 0.15) is 0 Å². The zero-order chi connectivity index (χ0) is 14.4. The van der Waals surface area contributed by atoms with E-state index in [1.54, 1.807) is 0 Å². The molecule has 1 heterocycles. The highest BCUT2D eigenvalue weighted by atomic mass is 16.5. The smallest absolute Gasteiger partial charge is 0.172 e. The number of piperidine rings is 1. The molecule has 1 unspecified atom stereocenters. The van der Waals surface area contributed by atoms with Crippen LogP contribution in [-0.2, 0) is 4.74 Å². The number of amidine groups is 1. The molecule has 1 fully saturated rings. The highest BCUT2D eigenvalue weighted by Gasteiger charge is 2.22. The molecule has 1 atom stereocenters. The summed E-state index contributed by atoms with van der Waals surface area (Å²) in [7, 11) is 0. The van der Waals surface area contributed by atoms with E-state index in [1.165, 1.54) is 0 Å². The van der Waals surface area contributed by atoms with Gasteiger partial charge in [0, 0.05) is 30.9 Å². The Morgan fingerprint density at radius 3 is 3.05 bits per heavy atom. The van der Waals surface area contributed by atoms with Crippen molar-refractivity contribution < 1.29 is 9.94 Å². The summed E-state index contributed by atoms with van der Waals surface area (Å²) in [6.45, 7) is 4.76. The molecule has 0 radical (unpaired) electrons. The topological polar surface area (TPSA) is 71.1 Å². The minimum atomic E-state index is 0.150. The second kappa shape index (κ2) is 7.14. The van der Waals surface area contributed by atoms with Crippen LogP contribution in [0.1, 0.15) is 31.7 Å². The normalized spacial score (nSPS) is 20.1. The SMILES string of the molecule is CCCOC1CCCN(c2ccccc2C(N)=NO)C1. The number of benzene rings is 1. The number of nitrogens with zero attached hydrogens (tertiary/aromatic N) is 2. The van der Waals surface area contributed by atoms with Gasteiger partial charge in [-0.2, -0.15) is 0 Å². The van der Waals surface area contributed by atoms with E-state index in [9.17, 15) is 0 Å². The van der Waals surface area contributed by atoms with Gasteiger partial charge in [0.15, 0.2) is 5.84 Å². The van der Waals surface area contributed by atoms with Crippen LogP contribution in [0.5, 0.6) is 0 Å². The van der Waals surface area contributed by atoms with Gasteiger partial charge in [-0.05, 0) is 31.4 Å². The molecule has 0 aliphatic carbocycles. The average molecular weight is 277 g/mol. The first-order chi connectivity index (χ1) is 9.76. The lowest BCUT2D eigenvalue weighted by Crippen LogP contribution is -2.40. The average Bonchev–Trinajstić information content (AvgIpc) is 2.52. The van der Waals surface area contributed by atoms with E-state index in [2.05, 4.69) is 17.0 Å². The Kier molecular flexibility index (Phi) is 5.24. The predicted molar refractivity (Wildman–Crippen MR) is 80.4 cm³/mol. The summed E-state index contributed by atoms with van der Waals surface area (Å²) in [5.41, 5.74) is 7.54. The molecule has 0 saturated carbocycles. The number of ether oxygens (including phenoxy) is 1. The predicted octanol–water partition coefficient (Wildman–Crippen LogP) is 2.18.